The molecule has 0 saturated heterocycles. The number of ether oxygens (including phenoxy) is 1. The molecular weight excluding hydrogens is 176 g/mol. The fourth-order valence-corrected chi connectivity index (χ4v) is 1.99. The van der Waals surface area contributed by atoms with Crippen molar-refractivity contribution in [3.8, 4) is 0 Å². The standard InChI is InChI=1S/C11H26N2O/c1-5-7-9(3)8-10(13-12)11(6-2)14-4/h9-11,13H,5-8,12H2,1-4H3. The largest absolute Gasteiger partial charge is 0.380 e. The molecule has 0 saturated carbocycles. The highest BCUT2D eigenvalue weighted by atomic mass is 16.5. The average molecular weight is 202 g/mol. The Morgan fingerprint density at radius 2 is 2.00 bits per heavy atom. The lowest BCUT2D eigenvalue weighted by molar-refractivity contribution is 0.0571. The maximum atomic E-state index is 5.54. The zero-order chi connectivity index (χ0) is 11.0. The van der Waals surface area contributed by atoms with E-state index in [0.717, 1.165) is 12.8 Å². The maximum absolute atomic E-state index is 5.54. The normalized spacial score (nSPS) is 17.8. The van der Waals surface area contributed by atoms with E-state index in [4.69, 9.17) is 10.6 Å². The van der Waals surface area contributed by atoms with Gasteiger partial charge in [0.15, 0.2) is 0 Å². The molecule has 0 amide bonds. The van der Waals surface area contributed by atoms with Crippen LogP contribution in [-0.2, 0) is 4.74 Å². The Morgan fingerprint density at radius 1 is 1.36 bits per heavy atom. The highest BCUT2D eigenvalue weighted by Gasteiger charge is 2.20. The summed E-state index contributed by atoms with van der Waals surface area (Å²) in [6, 6.07) is 0.284. The molecule has 0 rings (SSSR count). The number of hydrazine groups is 1. The van der Waals surface area contributed by atoms with Crippen LogP contribution in [0.15, 0.2) is 0 Å². The van der Waals surface area contributed by atoms with E-state index in [9.17, 15) is 0 Å². The molecule has 3 atom stereocenters. The summed E-state index contributed by atoms with van der Waals surface area (Å²) < 4.78 is 5.39. The predicted molar refractivity (Wildman–Crippen MR) is 60.9 cm³/mol. The van der Waals surface area contributed by atoms with E-state index in [1.807, 2.05) is 0 Å². The van der Waals surface area contributed by atoms with E-state index in [0.29, 0.717) is 5.92 Å². The number of rotatable bonds is 8. The fraction of sp³-hybridized carbons (Fsp3) is 1.00. The summed E-state index contributed by atoms with van der Waals surface area (Å²) in [5, 5.41) is 0. The summed E-state index contributed by atoms with van der Waals surface area (Å²) in [4.78, 5) is 0. The number of hydrogen-bond acceptors (Lipinski definition) is 3. The summed E-state index contributed by atoms with van der Waals surface area (Å²) in [7, 11) is 1.75. The minimum atomic E-state index is 0.235. The molecule has 14 heavy (non-hydrogen) atoms. The number of nitrogens with one attached hydrogen (secondary N) is 1. The molecule has 0 aliphatic rings. The van der Waals surface area contributed by atoms with Gasteiger partial charge in [-0.15, -0.1) is 0 Å². The van der Waals surface area contributed by atoms with Crippen molar-refractivity contribution in [2.45, 2.75) is 58.6 Å². The van der Waals surface area contributed by atoms with Crippen LogP contribution in [0.5, 0.6) is 0 Å². The van der Waals surface area contributed by atoms with Gasteiger partial charge >= 0.3 is 0 Å². The molecule has 3 unspecified atom stereocenters. The molecule has 0 spiro atoms. The zero-order valence-electron chi connectivity index (χ0n) is 10.0. The molecule has 3 nitrogen and oxygen atoms in total. The Bertz CT molecular complexity index is 126. The second kappa shape index (κ2) is 8.21. The van der Waals surface area contributed by atoms with Gasteiger partial charge in [0.25, 0.3) is 0 Å². The van der Waals surface area contributed by atoms with Crippen LogP contribution in [0.1, 0.15) is 46.5 Å². The first-order valence-electron chi connectivity index (χ1n) is 5.68. The van der Waals surface area contributed by atoms with Gasteiger partial charge in [-0.25, -0.2) is 0 Å². The third-order valence-electron chi connectivity index (χ3n) is 2.81. The van der Waals surface area contributed by atoms with Crippen LogP contribution in [0.4, 0.5) is 0 Å². The van der Waals surface area contributed by atoms with Gasteiger partial charge in [-0.3, -0.25) is 11.3 Å². The summed E-state index contributed by atoms with van der Waals surface area (Å²) in [6.07, 6.45) is 4.83. The van der Waals surface area contributed by atoms with E-state index in [1.54, 1.807) is 7.11 Å². The van der Waals surface area contributed by atoms with Gasteiger partial charge in [0.05, 0.1) is 6.10 Å². The SMILES string of the molecule is CCCC(C)CC(NN)C(CC)OC. The van der Waals surface area contributed by atoms with Crippen LogP contribution in [0.2, 0.25) is 0 Å². The first kappa shape index (κ1) is 13.9. The highest BCUT2D eigenvalue weighted by molar-refractivity contribution is 4.75. The number of methoxy groups -OCH3 is 1. The van der Waals surface area contributed by atoms with Gasteiger partial charge < -0.3 is 4.74 Å². The number of hydrogen-bond donors (Lipinski definition) is 2. The van der Waals surface area contributed by atoms with Crippen molar-refractivity contribution in [1.29, 1.82) is 0 Å². The Hall–Kier alpha value is -0.120. The molecule has 0 radical (unpaired) electrons. The molecule has 0 heterocycles. The molecule has 3 heteroatoms. The lowest BCUT2D eigenvalue weighted by Crippen LogP contribution is -2.45. The van der Waals surface area contributed by atoms with Gasteiger partial charge in [0, 0.05) is 13.2 Å². The van der Waals surface area contributed by atoms with Crippen LogP contribution >= 0.6 is 0 Å². The van der Waals surface area contributed by atoms with Gasteiger partial charge in [-0.05, 0) is 18.8 Å². The fourth-order valence-electron chi connectivity index (χ4n) is 1.99. The van der Waals surface area contributed by atoms with E-state index in [2.05, 4.69) is 26.2 Å². The second-order valence-electron chi connectivity index (χ2n) is 4.09. The molecule has 0 aliphatic heterocycles. The summed E-state index contributed by atoms with van der Waals surface area (Å²) in [5.74, 6) is 6.25. The molecular formula is C11H26N2O. The predicted octanol–water partition coefficient (Wildman–Crippen LogP) is 2.07. The third-order valence-corrected chi connectivity index (χ3v) is 2.81. The van der Waals surface area contributed by atoms with Crippen molar-refractivity contribution in [2.24, 2.45) is 11.8 Å². The van der Waals surface area contributed by atoms with Crippen molar-refractivity contribution in [1.82, 2.24) is 5.43 Å². The minimum Gasteiger partial charge on any atom is -0.380 e. The maximum Gasteiger partial charge on any atom is 0.0735 e. The van der Waals surface area contributed by atoms with Crippen LogP contribution in [0, 0.1) is 5.92 Å². The van der Waals surface area contributed by atoms with E-state index >= 15 is 0 Å². The van der Waals surface area contributed by atoms with E-state index < -0.39 is 0 Å². The van der Waals surface area contributed by atoms with Gasteiger partial charge in [-0.2, -0.15) is 0 Å². The van der Waals surface area contributed by atoms with Crippen LogP contribution in [-0.4, -0.2) is 19.3 Å². The molecule has 0 aliphatic carbocycles. The molecule has 0 aromatic carbocycles. The molecule has 0 bridgehead atoms. The first-order valence-corrected chi connectivity index (χ1v) is 5.68. The number of nitrogens with two attached hydrogens (primary N) is 1. The van der Waals surface area contributed by atoms with Crippen molar-refractivity contribution < 1.29 is 4.74 Å². The van der Waals surface area contributed by atoms with Crippen molar-refractivity contribution >= 4 is 0 Å². The Kier molecular flexibility index (Phi) is 8.14. The summed E-state index contributed by atoms with van der Waals surface area (Å²) in [5.41, 5.74) is 2.87. The highest BCUT2D eigenvalue weighted by Crippen LogP contribution is 2.16. The molecule has 0 fully saturated rings. The minimum absolute atomic E-state index is 0.235. The Morgan fingerprint density at radius 3 is 2.36 bits per heavy atom. The quantitative estimate of drug-likeness (QED) is 0.468. The molecule has 0 aromatic rings. The lowest BCUT2D eigenvalue weighted by atomic mass is 9.94. The molecule has 86 valence electrons. The average Bonchev–Trinajstić information content (AvgIpc) is 2.18. The van der Waals surface area contributed by atoms with Crippen LogP contribution in [0.25, 0.3) is 0 Å². The molecule has 0 aromatic heterocycles. The van der Waals surface area contributed by atoms with E-state index in [1.165, 1.54) is 12.8 Å². The molecule has 3 N–H and O–H groups in total. The van der Waals surface area contributed by atoms with Crippen molar-refractivity contribution in [3.05, 3.63) is 0 Å². The zero-order valence-corrected chi connectivity index (χ0v) is 10.0. The summed E-state index contributed by atoms with van der Waals surface area (Å²) in [6.45, 7) is 6.62. The summed E-state index contributed by atoms with van der Waals surface area (Å²) >= 11 is 0. The topological polar surface area (TPSA) is 47.3 Å². The Balaban J connectivity index is 3.98. The lowest BCUT2D eigenvalue weighted by Gasteiger charge is -2.26. The van der Waals surface area contributed by atoms with Crippen LogP contribution < -0.4 is 11.3 Å². The van der Waals surface area contributed by atoms with Crippen LogP contribution in [0.3, 0.4) is 0 Å². The van der Waals surface area contributed by atoms with E-state index in [-0.39, 0.29) is 12.1 Å². The third kappa shape index (κ3) is 4.94. The second-order valence-corrected chi connectivity index (χ2v) is 4.09. The van der Waals surface area contributed by atoms with Crippen molar-refractivity contribution in [2.75, 3.05) is 7.11 Å². The van der Waals surface area contributed by atoms with Crippen molar-refractivity contribution in [3.63, 3.8) is 0 Å². The Labute approximate surface area is 88.4 Å². The monoisotopic (exact) mass is 202 g/mol. The first-order chi connectivity index (χ1) is 6.69. The smallest absolute Gasteiger partial charge is 0.0735 e. The van der Waals surface area contributed by atoms with Gasteiger partial charge in [0.1, 0.15) is 0 Å². The van der Waals surface area contributed by atoms with Gasteiger partial charge in [-0.1, -0.05) is 33.6 Å². The van der Waals surface area contributed by atoms with Gasteiger partial charge in [0.2, 0.25) is 0 Å².